The van der Waals surface area contributed by atoms with Crippen molar-refractivity contribution >= 4 is 5.97 Å². The highest BCUT2D eigenvalue weighted by molar-refractivity contribution is 5.86. The van der Waals surface area contributed by atoms with Crippen molar-refractivity contribution in [1.82, 2.24) is 9.78 Å². The average Bonchev–Trinajstić information content (AvgIpc) is 2.96. The van der Waals surface area contributed by atoms with E-state index in [2.05, 4.69) is 5.10 Å². The van der Waals surface area contributed by atoms with E-state index in [0.29, 0.717) is 33.0 Å². The highest BCUT2D eigenvalue weighted by Gasteiger charge is 2.05. The van der Waals surface area contributed by atoms with E-state index in [1.54, 1.807) is 4.68 Å². The lowest BCUT2D eigenvalue weighted by Crippen LogP contribution is -2.10. The van der Waals surface area contributed by atoms with Gasteiger partial charge in [-0.2, -0.15) is 5.10 Å². The Morgan fingerprint density at radius 1 is 1.14 bits per heavy atom. The number of carboxylic acid groups (broad SMARTS) is 1. The predicted molar refractivity (Wildman–Crippen MR) is 76.1 cm³/mol. The van der Waals surface area contributed by atoms with Crippen LogP contribution in [-0.2, 0) is 22.6 Å². The molecule has 0 atom stereocenters. The third-order valence-corrected chi connectivity index (χ3v) is 2.83. The predicted octanol–water partition coefficient (Wildman–Crippen LogP) is 1.81. The fourth-order valence-electron chi connectivity index (χ4n) is 1.74. The van der Waals surface area contributed by atoms with Crippen LogP contribution in [0.5, 0.6) is 0 Å². The van der Waals surface area contributed by atoms with Crippen molar-refractivity contribution in [2.24, 2.45) is 0 Å². The summed E-state index contributed by atoms with van der Waals surface area (Å²) in [4.78, 5) is 10.7. The molecule has 21 heavy (non-hydrogen) atoms. The van der Waals surface area contributed by atoms with Gasteiger partial charge in [-0.15, -0.1) is 0 Å². The molecule has 0 fully saturated rings. The molecule has 0 unspecified atom stereocenters. The first-order valence-corrected chi connectivity index (χ1v) is 6.71. The summed E-state index contributed by atoms with van der Waals surface area (Å²) in [5.74, 6) is -0.975. The largest absolute Gasteiger partial charge is 0.478 e. The molecule has 1 aromatic carbocycles. The van der Waals surface area contributed by atoms with Gasteiger partial charge in [-0.1, -0.05) is 30.3 Å². The van der Waals surface area contributed by atoms with E-state index >= 15 is 0 Å². The first-order chi connectivity index (χ1) is 10.3. The first-order valence-electron chi connectivity index (χ1n) is 6.71. The van der Waals surface area contributed by atoms with Crippen LogP contribution in [0.1, 0.15) is 15.9 Å². The van der Waals surface area contributed by atoms with Crippen molar-refractivity contribution in [2.45, 2.75) is 13.2 Å². The van der Waals surface area contributed by atoms with Crippen LogP contribution in [0.25, 0.3) is 0 Å². The summed E-state index contributed by atoms with van der Waals surface area (Å²) in [5, 5.41) is 12.7. The molecule has 1 N–H and O–H groups in total. The van der Waals surface area contributed by atoms with Gasteiger partial charge in [-0.25, -0.2) is 4.79 Å². The van der Waals surface area contributed by atoms with Crippen molar-refractivity contribution in [3.05, 3.63) is 53.9 Å². The third-order valence-electron chi connectivity index (χ3n) is 2.83. The fraction of sp³-hybridized carbons (Fsp3) is 0.333. The number of rotatable bonds is 9. The lowest BCUT2D eigenvalue weighted by molar-refractivity contribution is 0.0371. The van der Waals surface area contributed by atoms with E-state index in [4.69, 9.17) is 14.6 Å². The second kappa shape index (κ2) is 8.18. The number of ether oxygens (including phenoxy) is 2. The number of hydrogen-bond donors (Lipinski definition) is 1. The van der Waals surface area contributed by atoms with Gasteiger partial charge in [-0.3, -0.25) is 4.68 Å². The highest BCUT2D eigenvalue weighted by atomic mass is 16.5. The van der Waals surface area contributed by atoms with E-state index < -0.39 is 5.97 Å². The van der Waals surface area contributed by atoms with Gasteiger partial charge >= 0.3 is 5.97 Å². The van der Waals surface area contributed by atoms with Crippen molar-refractivity contribution in [1.29, 1.82) is 0 Å². The quantitative estimate of drug-likeness (QED) is 0.713. The maximum atomic E-state index is 10.7. The number of aromatic carboxylic acids is 1. The van der Waals surface area contributed by atoms with Crippen LogP contribution in [0.2, 0.25) is 0 Å². The third kappa shape index (κ3) is 5.37. The van der Waals surface area contributed by atoms with E-state index in [-0.39, 0.29) is 5.56 Å². The molecule has 0 radical (unpaired) electrons. The second-order valence-electron chi connectivity index (χ2n) is 4.45. The molecular formula is C15H18N2O4. The SMILES string of the molecule is O=C(O)c1cnn(CCOCCOCc2ccccc2)c1. The molecule has 0 spiro atoms. The minimum Gasteiger partial charge on any atom is -0.478 e. The standard InChI is InChI=1S/C15H18N2O4/c18-15(19)14-10-16-17(11-14)6-7-20-8-9-21-12-13-4-2-1-3-5-13/h1-5,10-11H,6-9,12H2,(H,18,19). The molecule has 6 nitrogen and oxygen atoms in total. The molecule has 6 heteroatoms. The van der Waals surface area contributed by atoms with Gasteiger partial charge in [0.15, 0.2) is 0 Å². The maximum absolute atomic E-state index is 10.7. The molecule has 0 saturated carbocycles. The van der Waals surface area contributed by atoms with Crippen LogP contribution in [0.15, 0.2) is 42.7 Å². The summed E-state index contributed by atoms with van der Waals surface area (Å²) in [6, 6.07) is 9.95. The van der Waals surface area contributed by atoms with Crippen LogP contribution in [-0.4, -0.2) is 40.7 Å². The molecule has 112 valence electrons. The summed E-state index contributed by atoms with van der Waals surface area (Å²) in [5.41, 5.74) is 1.32. The lowest BCUT2D eigenvalue weighted by Gasteiger charge is -2.06. The maximum Gasteiger partial charge on any atom is 0.338 e. The Balaban J connectivity index is 1.53. The zero-order valence-electron chi connectivity index (χ0n) is 11.6. The summed E-state index contributed by atoms with van der Waals surface area (Å²) in [6.07, 6.45) is 2.81. The van der Waals surface area contributed by atoms with E-state index in [1.165, 1.54) is 12.4 Å². The number of carboxylic acids is 1. The zero-order valence-corrected chi connectivity index (χ0v) is 11.6. The normalized spacial score (nSPS) is 10.7. The topological polar surface area (TPSA) is 73.6 Å². The van der Waals surface area contributed by atoms with Gasteiger partial charge < -0.3 is 14.6 Å². The molecule has 0 saturated heterocycles. The van der Waals surface area contributed by atoms with Gasteiger partial charge in [0, 0.05) is 6.20 Å². The molecule has 0 amide bonds. The Hall–Kier alpha value is -2.18. The van der Waals surface area contributed by atoms with Gasteiger partial charge in [-0.05, 0) is 5.56 Å². The Bertz CT molecular complexity index is 554. The highest BCUT2D eigenvalue weighted by Crippen LogP contribution is 2.00. The number of benzene rings is 1. The fourth-order valence-corrected chi connectivity index (χ4v) is 1.74. The Labute approximate surface area is 122 Å². The Morgan fingerprint density at radius 3 is 2.62 bits per heavy atom. The number of nitrogens with zero attached hydrogens (tertiary/aromatic N) is 2. The van der Waals surface area contributed by atoms with Gasteiger partial charge in [0.2, 0.25) is 0 Å². The van der Waals surface area contributed by atoms with Crippen LogP contribution < -0.4 is 0 Å². The average molecular weight is 290 g/mol. The molecule has 2 rings (SSSR count). The van der Waals surface area contributed by atoms with Crippen molar-refractivity contribution in [2.75, 3.05) is 19.8 Å². The molecule has 1 heterocycles. The van der Waals surface area contributed by atoms with Crippen LogP contribution >= 0.6 is 0 Å². The van der Waals surface area contributed by atoms with Crippen molar-refractivity contribution < 1.29 is 19.4 Å². The zero-order chi connectivity index (χ0) is 14.9. The monoisotopic (exact) mass is 290 g/mol. The molecule has 0 aliphatic heterocycles. The summed E-state index contributed by atoms with van der Waals surface area (Å²) < 4.78 is 12.4. The molecule has 2 aromatic rings. The first kappa shape index (κ1) is 15.2. The number of hydrogen-bond acceptors (Lipinski definition) is 4. The summed E-state index contributed by atoms with van der Waals surface area (Å²) in [7, 11) is 0. The van der Waals surface area contributed by atoms with Crippen LogP contribution in [0.3, 0.4) is 0 Å². The van der Waals surface area contributed by atoms with Gasteiger partial charge in [0.25, 0.3) is 0 Å². The van der Waals surface area contributed by atoms with E-state index in [1.807, 2.05) is 30.3 Å². The summed E-state index contributed by atoms with van der Waals surface area (Å²) in [6.45, 7) is 2.58. The Kier molecular flexibility index (Phi) is 5.93. The van der Waals surface area contributed by atoms with Gasteiger partial charge in [0.05, 0.1) is 44.7 Å². The van der Waals surface area contributed by atoms with Crippen LogP contribution in [0.4, 0.5) is 0 Å². The van der Waals surface area contributed by atoms with Crippen molar-refractivity contribution in [3.63, 3.8) is 0 Å². The van der Waals surface area contributed by atoms with Gasteiger partial charge in [0.1, 0.15) is 0 Å². The minimum absolute atomic E-state index is 0.182. The molecule has 1 aromatic heterocycles. The number of aromatic nitrogens is 2. The number of carbonyl (C=O) groups is 1. The lowest BCUT2D eigenvalue weighted by atomic mass is 10.2. The summed E-state index contributed by atoms with van der Waals surface area (Å²) >= 11 is 0. The molecule has 0 aliphatic rings. The minimum atomic E-state index is -0.975. The smallest absolute Gasteiger partial charge is 0.338 e. The molecule has 0 bridgehead atoms. The second-order valence-corrected chi connectivity index (χ2v) is 4.45. The Morgan fingerprint density at radius 2 is 1.90 bits per heavy atom. The van der Waals surface area contributed by atoms with E-state index in [9.17, 15) is 4.79 Å². The van der Waals surface area contributed by atoms with Crippen LogP contribution in [0, 0.1) is 0 Å². The van der Waals surface area contributed by atoms with E-state index in [0.717, 1.165) is 5.56 Å². The van der Waals surface area contributed by atoms with Crippen molar-refractivity contribution in [3.8, 4) is 0 Å². The molecule has 0 aliphatic carbocycles. The molecular weight excluding hydrogens is 272 g/mol.